The Bertz CT molecular complexity index is 1030. The molecule has 1 aliphatic heterocycles. The maximum Gasteiger partial charge on any atom is 0.224 e. The molecule has 30 heavy (non-hydrogen) atoms. The number of aromatic nitrogens is 4. The number of anilines is 3. The number of hydrogen-bond donors (Lipinski definition) is 3. The maximum absolute atomic E-state index is 6.03. The summed E-state index contributed by atoms with van der Waals surface area (Å²) in [5.41, 5.74) is 8.55. The van der Waals surface area contributed by atoms with Gasteiger partial charge in [0.15, 0.2) is 5.82 Å². The van der Waals surface area contributed by atoms with E-state index >= 15 is 0 Å². The number of nitrogen functional groups attached to an aromatic ring is 1. The number of benzene rings is 1. The predicted octanol–water partition coefficient (Wildman–Crippen LogP) is 2.90. The highest BCUT2D eigenvalue weighted by Gasteiger charge is 2.28. The van der Waals surface area contributed by atoms with Gasteiger partial charge in [0, 0.05) is 25.2 Å². The highest BCUT2D eigenvalue weighted by Crippen LogP contribution is 2.35. The molecule has 0 spiro atoms. The van der Waals surface area contributed by atoms with Gasteiger partial charge in [-0.3, -0.25) is 5.10 Å². The molecular formula is C21H29N7O2. The first-order chi connectivity index (χ1) is 14.5. The molecule has 3 heterocycles. The third-order valence-electron chi connectivity index (χ3n) is 5.42. The molecule has 0 saturated carbocycles. The summed E-state index contributed by atoms with van der Waals surface area (Å²) in [7, 11) is 1.83. The van der Waals surface area contributed by atoms with Crippen molar-refractivity contribution >= 4 is 28.5 Å². The molecule has 1 fully saturated rings. The van der Waals surface area contributed by atoms with Crippen LogP contribution in [-0.4, -0.2) is 59.6 Å². The van der Waals surface area contributed by atoms with Crippen molar-refractivity contribution in [3.8, 4) is 17.0 Å². The number of nitrogens with two attached hydrogens (primary N) is 1. The summed E-state index contributed by atoms with van der Waals surface area (Å²) in [6.07, 6.45) is 0. The molecule has 4 N–H and O–H groups in total. The van der Waals surface area contributed by atoms with Gasteiger partial charge in [-0.25, -0.2) is 4.98 Å². The topological polar surface area (TPSA) is 114 Å². The lowest BCUT2D eigenvalue weighted by atomic mass is 10.0. The average Bonchev–Trinajstić information content (AvgIpc) is 3.14. The molecule has 2 aromatic heterocycles. The normalized spacial score (nSPS) is 17.0. The molecular weight excluding hydrogens is 382 g/mol. The van der Waals surface area contributed by atoms with Gasteiger partial charge in [0.25, 0.3) is 0 Å². The van der Waals surface area contributed by atoms with Crippen LogP contribution in [0.3, 0.4) is 0 Å². The first-order valence-corrected chi connectivity index (χ1v) is 10.3. The van der Waals surface area contributed by atoms with E-state index in [0.717, 1.165) is 34.5 Å². The van der Waals surface area contributed by atoms with Crippen molar-refractivity contribution in [3.63, 3.8) is 0 Å². The molecule has 1 aliphatic rings. The second-order valence-electron chi connectivity index (χ2n) is 7.70. The first-order valence-electron chi connectivity index (χ1n) is 10.3. The van der Waals surface area contributed by atoms with Crippen molar-refractivity contribution in [3.05, 3.63) is 18.2 Å². The van der Waals surface area contributed by atoms with E-state index in [1.165, 1.54) is 0 Å². The van der Waals surface area contributed by atoms with Crippen LogP contribution in [0.4, 0.5) is 17.6 Å². The van der Waals surface area contributed by atoms with Crippen LogP contribution in [-0.2, 0) is 4.74 Å². The lowest BCUT2D eigenvalue weighted by Crippen LogP contribution is -2.48. The van der Waals surface area contributed by atoms with Crippen molar-refractivity contribution in [2.75, 3.05) is 49.4 Å². The van der Waals surface area contributed by atoms with Crippen molar-refractivity contribution in [2.45, 2.75) is 26.8 Å². The Labute approximate surface area is 176 Å². The second-order valence-corrected chi connectivity index (χ2v) is 7.70. The van der Waals surface area contributed by atoms with Crippen LogP contribution < -0.4 is 20.7 Å². The van der Waals surface area contributed by atoms with Gasteiger partial charge in [-0.2, -0.15) is 10.1 Å². The third-order valence-corrected chi connectivity index (χ3v) is 5.42. The van der Waals surface area contributed by atoms with Gasteiger partial charge in [-0.1, -0.05) is 13.8 Å². The summed E-state index contributed by atoms with van der Waals surface area (Å²) >= 11 is 0. The van der Waals surface area contributed by atoms with E-state index in [0.29, 0.717) is 43.3 Å². The number of morpholine rings is 1. The second kappa shape index (κ2) is 8.35. The summed E-state index contributed by atoms with van der Waals surface area (Å²) < 4.78 is 11.6. The van der Waals surface area contributed by atoms with Crippen molar-refractivity contribution < 1.29 is 9.47 Å². The Kier molecular flexibility index (Phi) is 5.63. The molecule has 1 aromatic carbocycles. The Morgan fingerprint density at radius 3 is 2.90 bits per heavy atom. The summed E-state index contributed by atoms with van der Waals surface area (Å²) in [6.45, 7) is 9.07. The fourth-order valence-electron chi connectivity index (χ4n) is 3.86. The van der Waals surface area contributed by atoms with Crippen molar-refractivity contribution in [1.29, 1.82) is 0 Å². The Hall–Kier alpha value is -3.07. The molecule has 1 atom stereocenters. The molecule has 9 nitrogen and oxygen atoms in total. The minimum Gasteiger partial charge on any atom is -0.493 e. The van der Waals surface area contributed by atoms with Gasteiger partial charge in [0.2, 0.25) is 5.95 Å². The Balaban J connectivity index is 1.82. The van der Waals surface area contributed by atoms with Gasteiger partial charge >= 0.3 is 0 Å². The minimum atomic E-state index is 0.264. The number of fused-ring (bicyclic) bond motifs is 1. The summed E-state index contributed by atoms with van der Waals surface area (Å²) in [4.78, 5) is 11.8. The number of aromatic amines is 1. The molecule has 3 aromatic rings. The molecule has 4 rings (SSSR count). The third kappa shape index (κ3) is 3.72. The predicted molar refractivity (Wildman–Crippen MR) is 119 cm³/mol. The van der Waals surface area contributed by atoms with E-state index in [1.807, 2.05) is 32.2 Å². The molecule has 9 heteroatoms. The van der Waals surface area contributed by atoms with Crippen LogP contribution in [0, 0.1) is 5.92 Å². The Morgan fingerprint density at radius 2 is 2.17 bits per heavy atom. The highest BCUT2D eigenvalue weighted by atomic mass is 16.5. The van der Waals surface area contributed by atoms with Crippen LogP contribution in [0.1, 0.15) is 20.8 Å². The van der Waals surface area contributed by atoms with Gasteiger partial charge in [0.05, 0.1) is 42.5 Å². The van der Waals surface area contributed by atoms with Crippen molar-refractivity contribution in [2.24, 2.45) is 5.92 Å². The van der Waals surface area contributed by atoms with E-state index in [1.54, 1.807) is 0 Å². The summed E-state index contributed by atoms with van der Waals surface area (Å²) in [5.74, 6) is 3.00. The van der Waals surface area contributed by atoms with Crippen LogP contribution in [0.5, 0.6) is 5.75 Å². The van der Waals surface area contributed by atoms with E-state index in [2.05, 4.69) is 34.3 Å². The van der Waals surface area contributed by atoms with Crippen LogP contribution >= 0.6 is 0 Å². The smallest absolute Gasteiger partial charge is 0.224 e. The zero-order chi connectivity index (χ0) is 21.3. The quantitative estimate of drug-likeness (QED) is 0.567. The lowest BCUT2D eigenvalue weighted by Gasteiger charge is -2.39. The molecule has 160 valence electrons. The molecule has 0 bridgehead atoms. The number of hydrogen-bond acceptors (Lipinski definition) is 8. The van der Waals surface area contributed by atoms with E-state index in [9.17, 15) is 0 Å². The van der Waals surface area contributed by atoms with E-state index < -0.39 is 0 Å². The van der Waals surface area contributed by atoms with E-state index in [4.69, 9.17) is 25.2 Å². The average molecular weight is 412 g/mol. The molecule has 0 unspecified atom stereocenters. The van der Waals surface area contributed by atoms with Crippen LogP contribution in [0.2, 0.25) is 0 Å². The fraction of sp³-hybridized carbons (Fsp3) is 0.476. The number of H-pyrrole nitrogens is 1. The zero-order valence-corrected chi connectivity index (χ0v) is 17.9. The standard InChI is InChI=1S/C21H29N7O2/c1-5-30-17-9-13(8-15-19(17)20(22)27-26-15)14-10-18(25-21(23-4)24-14)28-6-7-29-11-16(28)12(2)3/h8-10,12,16H,5-7,11H2,1-4H3,(H3,22,26,27)(H,23,24,25)/t16-/m0/s1. The molecule has 0 aliphatic carbocycles. The SMILES string of the molecule is CCOc1cc(-c2cc(N3CCOC[C@H]3C(C)C)nc(NC)n2)cc2[nH]nc(N)c12. The van der Waals surface area contributed by atoms with Gasteiger partial charge in [-0.15, -0.1) is 0 Å². The van der Waals surface area contributed by atoms with Gasteiger partial charge < -0.3 is 25.4 Å². The van der Waals surface area contributed by atoms with Gasteiger partial charge in [-0.05, 0) is 25.0 Å². The molecule has 1 saturated heterocycles. The largest absolute Gasteiger partial charge is 0.493 e. The highest BCUT2D eigenvalue weighted by molar-refractivity contribution is 5.97. The fourth-order valence-corrected chi connectivity index (χ4v) is 3.86. The summed E-state index contributed by atoms with van der Waals surface area (Å²) in [5, 5.41) is 11.0. The monoisotopic (exact) mass is 411 g/mol. The van der Waals surface area contributed by atoms with E-state index in [-0.39, 0.29) is 6.04 Å². The summed E-state index contributed by atoms with van der Waals surface area (Å²) in [6, 6.07) is 6.24. The van der Waals surface area contributed by atoms with Gasteiger partial charge in [0.1, 0.15) is 11.6 Å². The number of rotatable bonds is 6. The van der Waals surface area contributed by atoms with Crippen molar-refractivity contribution in [1.82, 2.24) is 20.2 Å². The lowest BCUT2D eigenvalue weighted by molar-refractivity contribution is 0.0802. The number of nitrogens with zero attached hydrogens (tertiary/aromatic N) is 4. The van der Waals surface area contributed by atoms with Crippen LogP contribution in [0.25, 0.3) is 22.2 Å². The maximum atomic E-state index is 6.03. The molecule has 0 amide bonds. The number of ether oxygens (including phenoxy) is 2. The first kappa shape index (κ1) is 20.2. The minimum absolute atomic E-state index is 0.264. The number of nitrogens with one attached hydrogen (secondary N) is 2. The van der Waals surface area contributed by atoms with Crippen LogP contribution in [0.15, 0.2) is 18.2 Å². The zero-order valence-electron chi connectivity index (χ0n) is 17.9. The molecule has 0 radical (unpaired) electrons. The Morgan fingerprint density at radius 1 is 1.33 bits per heavy atom.